The number of hydrogen-bond acceptors (Lipinski definition) is 8. The number of aliphatic hydroxyl groups excluding tert-OH is 1. The summed E-state index contributed by atoms with van der Waals surface area (Å²) in [5.41, 5.74) is -3.21. The monoisotopic (exact) mass is 432 g/mol. The molecule has 3 N–H and O–H groups in total. The quantitative estimate of drug-likeness (QED) is 0.573. The summed E-state index contributed by atoms with van der Waals surface area (Å²) < 4.78 is 16.6. The van der Waals surface area contributed by atoms with Crippen molar-refractivity contribution in [2.75, 3.05) is 14.2 Å². The fourth-order valence-electron chi connectivity index (χ4n) is 4.49. The van der Waals surface area contributed by atoms with Crippen LogP contribution in [0.5, 0.6) is 0 Å². The molecule has 0 amide bonds. The van der Waals surface area contributed by atoms with Crippen LogP contribution < -0.4 is 0 Å². The van der Waals surface area contributed by atoms with Crippen LogP contribution in [0.4, 0.5) is 0 Å². The van der Waals surface area contributed by atoms with E-state index in [0.29, 0.717) is 0 Å². The molecule has 8 heteroatoms. The Morgan fingerprint density at radius 1 is 1.07 bits per heavy atom. The molecule has 0 bridgehead atoms. The minimum atomic E-state index is -1.83. The molecular weight excluding hydrogens is 392 g/mol. The van der Waals surface area contributed by atoms with Gasteiger partial charge in [-0.2, -0.15) is 0 Å². The van der Waals surface area contributed by atoms with E-state index in [1.807, 2.05) is 0 Å². The second-order valence-electron chi connectivity index (χ2n) is 9.18. The van der Waals surface area contributed by atoms with E-state index in [9.17, 15) is 24.9 Å². The minimum absolute atomic E-state index is 0.0933. The van der Waals surface area contributed by atoms with Gasteiger partial charge in [-0.05, 0) is 33.6 Å². The van der Waals surface area contributed by atoms with E-state index in [4.69, 9.17) is 14.2 Å². The maximum atomic E-state index is 13.0. The van der Waals surface area contributed by atoms with Crippen LogP contribution in [0.1, 0.15) is 60.8 Å². The van der Waals surface area contributed by atoms with Crippen molar-refractivity contribution in [1.82, 2.24) is 0 Å². The van der Waals surface area contributed by atoms with Crippen LogP contribution in [0.15, 0.2) is 0 Å². The molecule has 1 aliphatic heterocycles. The van der Waals surface area contributed by atoms with Crippen LogP contribution in [0.3, 0.4) is 0 Å². The minimum Gasteiger partial charge on any atom is -0.459 e. The summed E-state index contributed by atoms with van der Waals surface area (Å²) in [6.07, 6.45) is -3.21. The van der Waals surface area contributed by atoms with Gasteiger partial charge >= 0.3 is 5.97 Å². The molecule has 0 saturated carbocycles. The Morgan fingerprint density at radius 2 is 1.63 bits per heavy atom. The van der Waals surface area contributed by atoms with Gasteiger partial charge in [0.2, 0.25) is 0 Å². The summed E-state index contributed by atoms with van der Waals surface area (Å²) in [5, 5.41) is 32.9. The van der Waals surface area contributed by atoms with Crippen molar-refractivity contribution in [1.29, 1.82) is 0 Å². The maximum absolute atomic E-state index is 13.0. The van der Waals surface area contributed by atoms with Crippen molar-refractivity contribution in [3.63, 3.8) is 0 Å². The second kappa shape index (κ2) is 10.5. The van der Waals surface area contributed by atoms with Crippen LogP contribution in [0.2, 0.25) is 0 Å². The van der Waals surface area contributed by atoms with E-state index in [-0.39, 0.29) is 25.0 Å². The number of esters is 1. The van der Waals surface area contributed by atoms with Crippen molar-refractivity contribution >= 4 is 11.8 Å². The van der Waals surface area contributed by atoms with Crippen LogP contribution >= 0.6 is 0 Å². The van der Waals surface area contributed by atoms with Gasteiger partial charge in [-0.25, -0.2) is 0 Å². The third-order valence-electron chi connectivity index (χ3n) is 6.66. The van der Waals surface area contributed by atoms with Gasteiger partial charge in [0.15, 0.2) is 0 Å². The zero-order valence-corrected chi connectivity index (χ0v) is 19.5. The first kappa shape index (κ1) is 27.0. The third kappa shape index (κ3) is 5.79. The van der Waals surface area contributed by atoms with Crippen molar-refractivity contribution in [2.45, 2.75) is 96.4 Å². The van der Waals surface area contributed by atoms with Crippen molar-refractivity contribution in [3.8, 4) is 0 Å². The zero-order valence-electron chi connectivity index (χ0n) is 19.5. The van der Waals surface area contributed by atoms with Gasteiger partial charge in [0.1, 0.15) is 17.5 Å². The Balaban J connectivity index is 3.43. The van der Waals surface area contributed by atoms with Crippen LogP contribution in [0.25, 0.3) is 0 Å². The summed E-state index contributed by atoms with van der Waals surface area (Å²) in [5.74, 6) is -3.12. The Labute approximate surface area is 179 Å². The van der Waals surface area contributed by atoms with Gasteiger partial charge in [-0.1, -0.05) is 20.8 Å². The van der Waals surface area contributed by atoms with Gasteiger partial charge in [-0.3, -0.25) is 9.59 Å². The lowest BCUT2D eigenvalue weighted by Crippen LogP contribution is -2.56. The van der Waals surface area contributed by atoms with Gasteiger partial charge in [-0.15, -0.1) is 0 Å². The smallest absolute Gasteiger partial charge is 0.311 e. The summed E-state index contributed by atoms with van der Waals surface area (Å²) in [6.45, 7) is 9.54. The first-order valence-corrected chi connectivity index (χ1v) is 10.7. The number of ketones is 1. The highest BCUT2D eigenvalue weighted by molar-refractivity contribution is 5.83. The lowest BCUT2D eigenvalue weighted by atomic mass is 9.76. The second-order valence-corrected chi connectivity index (χ2v) is 9.18. The first-order valence-electron chi connectivity index (χ1n) is 10.7. The SMILES string of the molecule is CC[C@H]1OC(=O)[C@H](C)[C@@H](OC)C[C@@H](OC)[C@](C)(O)C[C@@H](C)C(=O)[C@H](C)[C@@H](O)[C@]1(C)O. The molecule has 8 nitrogen and oxygen atoms in total. The topological polar surface area (TPSA) is 123 Å². The van der Waals surface area contributed by atoms with Crippen LogP contribution in [-0.4, -0.2) is 76.9 Å². The summed E-state index contributed by atoms with van der Waals surface area (Å²) in [4.78, 5) is 25.8. The number of aliphatic hydroxyl groups is 3. The van der Waals surface area contributed by atoms with Crippen LogP contribution in [0, 0.1) is 17.8 Å². The molecule has 0 aliphatic carbocycles. The lowest BCUT2D eigenvalue weighted by molar-refractivity contribution is -0.194. The van der Waals surface area contributed by atoms with Crippen molar-refractivity contribution in [2.24, 2.45) is 17.8 Å². The average molecular weight is 433 g/mol. The van der Waals surface area contributed by atoms with Crippen LogP contribution in [-0.2, 0) is 23.8 Å². The number of carbonyl (C=O) groups excluding carboxylic acids is 2. The number of rotatable bonds is 3. The number of Topliss-reactive ketones (excluding diaryl/α,β-unsaturated/α-hetero) is 1. The number of cyclic esters (lactones) is 1. The predicted octanol–water partition coefficient (Wildman–Crippen LogP) is 1.47. The Kier molecular flexibility index (Phi) is 9.44. The fraction of sp³-hybridized carbons (Fsp3) is 0.909. The normalized spacial score (nSPS) is 45.0. The molecule has 0 unspecified atom stereocenters. The highest BCUT2D eigenvalue weighted by Gasteiger charge is 2.48. The molecule has 0 aromatic heterocycles. The molecule has 0 aromatic rings. The van der Waals surface area contributed by atoms with E-state index in [1.54, 1.807) is 27.7 Å². The molecular formula is C22H40O8. The standard InChI is InChI=1S/C22H40O8/c1-9-16-22(6,27)19(24)14(4)18(23)12(2)11-21(5,26)17(29-8)10-15(28-7)13(3)20(25)30-16/h12-17,19,24,26-27H,9-11H2,1-8H3/t12-,13-,14+,15+,16-,17-,19-,21-,22-/m1/s1. The molecule has 30 heavy (non-hydrogen) atoms. The van der Waals surface area contributed by atoms with Gasteiger partial charge < -0.3 is 29.5 Å². The highest BCUT2D eigenvalue weighted by Crippen LogP contribution is 2.33. The van der Waals surface area contributed by atoms with Gasteiger partial charge in [0.05, 0.1) is 29.8 Å². The lowest BCUT2D eigenvalue weighted by Gasteiger charge is -2.41. The van der Waals surface area contributed by atoms with E-state index >= 15 is 0 Å². The summed E-state index contributed by atoms with van der Waals surface area (Å²) in [7, 11) is 2.92. The Morgan fingerprint density at radius 3 is 2.10 bits per heavy atom. The van der Waals surface area contributed by atoms with Crippen molar-refractivity contribution < 1.29 is 39.1 Å². The molecule has 176 valence electrons. The molecule has 1 saturated heterocycles. The highest BCUT2D eigenvalue weighted by atomic mass is 16.6. The first-order chi connectivity index (χ1) is 13.7. The molecule has 0 radical (unpaired) electrons. The third-order valence-corrected chi connectivity index (χ3v) is 6.66. The molecule has 1 aliphatic rings. The largest absolute Gasteiger partial charge is 0.459 e. The molecule has 0 aromatic carbocycles. The number of ether oxygens (including phenoxy) is 3. The van der Waals surface area contributed by atoms with E-state index in [2.05, 4.69) is 0 Å². The fourth-order valence-corrected chi connectivity index (χ4v) is 4.49. The number of methoxy groups -OCH3 is 2. The Hall–Kier alpha value is -1.06. The van der Waals surface area contributed by atoms with E-state index in [1.165, 1.54) is 28.1 Å². The molecule has 1 rings (SSSR count). The average Bonchev–Trinajstić information content (AvgIpc) is 2.68. The van der Waals surface area contributed by atoms with E-state index < -0.39 is 59.3 Å². The van der Waals surface area contributed by atoms with Gasteiger partial charge in [0.25, 0.3) is 0 Å². The molecule has 9 atom stereocenters. The summed E-state index contributed by atoms with van der Waals surface area (Å²) >= 11 is 0. The Bertz CT molecular complexity index is 588. The number of carbonyl (C=O) groups is 2. The van der Waals surface area contributed by atoms with Gasteiger partial charge in [0, 0.05) is 32.5 Å². The molecule has 1 fully saturated rings. The van der Waals surface area contributed by atoms with E-state index in [0.717, 1.165) is 0 Å². The van der Waals surface area contributed by atoms with Crippen molar-refractivity contribution in [3.05, 3.63) is 0 Å². The predicted molar refractivity (Wildman–Crippen MR) is 111 cm³/mol. The maximum Gasteiger partial charge on any atom is 0.311 e. The number of hydrogen-bond donors (Lipinski definition) is 3. The molecule has 0 spiro atoms. The molecule has 1 heterocycles. The summed E-state index contributed by atoms with van der Waals surface area (Å²) in [6, 6.07) is 0. The zero-order chi connectivity index (χ0) is 23.4.